The van der Waals surface area contributed by atoms with Crippen LogP contribution >= 0.6 is 0 Å². The van der Waals surface area contributed by atoms with Gasteiger partial charge in [0.2, 0.25) is 5.91 Å². The number of anilines is 2. The Morgan fingerprint density at radius 1 is 0.857 bits per heavy atom. The molecule has 4 nitrogen and oxygen atoms in total. The van der Waals surface area contributed by atoms with Crippen LogP contribution in [0.3, 0.4) is 0 Å². The van der Waals surface area contributed by atoms with E-state index in [4.69, 9.17) is 0 Å². The zero-order valence-electron chi connectivity index (χ0n) is 20.2. The highest BCUT2D eigenvalue weighted by molar-refractivity contribution is 6.06. The average molecular weight is 465 g/mol. The molecule has 0 aromatic heterocycles. The van der Waals surface area contributed by atoms with Crippen LogP contribution in [0.4, 0.5) is 11.4 Å². The summed E-state index contributed by atoms with van der Waals surface area (Å²) in [4.78, 5) is 29.6. The van der Waals surface area contributed by atoms with Gasteiger partial charge >= 0.3 is 0 Å². The van der Waals surface area contributed by atoms with Crippen molar-refractivity contribution >= 4 is 23.1 Å². The van der Waals surface area contributed by atoms with Crippen molar-refractivity contribution in [2.45, 2.75) is 57.4 Å². The number of carbonyl (C=O) groups is 2. The summed E-state index contributed by atoms with van der Waals surface area (Å²) < 4.78 is 0. The number of nitrogens with zero attached hydrogens (tertiary/aromatic N) is 1. The first kappa shape index (κ1) is 23.1. The Morgan fingerprint density at radius 2 is 1.51 bits per heavy atom. The van der Waals surface area contributed by atoms with E-state index in [1.165, 1.54) is 5.56 Å². The van der Waals surface area contributed by atoms with Gasteiger partial charge in [0, 0.05) is 24.1 Å². The number of allylic oxidation sites excluding steroid dienone is 1. The van der Waals surface area contributed by atoms with E-state index in [9.17, 15) is 9.59 Å². The second kappa shape index (κ2) is 10.3. The van der Waals surface area contributed by atoms with Crippen LogP contribution in [0, 0.1) is 0 Å². The lowest BCUT2D eigenvalue weighted by Gasteiger charge is -2.35. The Balaban J connectivity index is 1.65. The molecular formula is C31H32N2O2. The molecule has 0 saturated heterocycles. The van der Waals surface area contributed by atoms with Crippen molar-refractivity contribution in [2.24, 2.45) is 0 Å². The van der Waals surface area contributed by atoms with E-state index in [1.807, 2.05) is 77.7 Å². The largest absolute Gasteiger partial charge is 0.357 e. The van der Waals surface area contributed by atoms with Gasteiger partial charge in [0.15, 0.2) is 5.78 Å². The summed E-state index contributed by atoms with van der Waals surface area (Å²) in [5, 5.41) is 3.61. The third-order valence-electron chi connectivity index (χ3n) is 7.14. The second-order valence-corrected chi connectivity index (χ2v) is 9.51. The Hall–Kier alpha value is -3.66. The average Bonchev–Trinajstić information content (AvgIpc) is 3.04. The van der Waals surface area contributed by atoms with Gasteiger partial charge in [0.25, 0.3) is 0 Å². The number of hydrogen-bond donors (Lipinski definition) is 1. The number of benzene rings is 3. The second-order valence-electron chi connectivity index (χ2n) is 9.51. The van der Waals surface area contributed by atoms with E-state index >= 15 is 0 Å². The molecule has 1 aliphatic heterocycles. The predicted molar refractivity (Wildman–Crippen MR) is 141 cm³/mol. The van der Waals surface area contributed by atoms with E-state index in [-0.39, 0.29) is 17.6 Å². The monoisotopic (exact) mass is 464 g/mol. The number of carbonyl (C=O) groups excluding carboxylic acids is 2. The molecule has 0 bridgehead atoms. The van der Waals surface area contributed by atoms with Crippen LogP contribution in [0.15, 0.2) is 96.2 Å². The maximum absolute atomic E-state index is 13.9. The fraction of sp³-hybridized carbons (Fsp3) is 0.290. The van der Waals surface area contributed by atoms with Crippen molar-refractivity contribution in [3.05, 3.63) is 107 Å². The number of fused-ring (bicyclic) bond motifs is 1. The highest BCUT2D eigenvalue weighted by atomic mass is 16.2. The number of amides is 1. The van der Waals surface area contributed by atoms with Crippen molar-refractivity contribution < 1.29 is 9.59 Å². The van der Waals surface area contributed by atoms with E-state index in [0.29, 0.717) is 12.8 Å². The third-order valence-corrected chi connectivity index (χ3v) is 7.14. The number of ketones is 1. The quantitative estimate of drug-likeness (QED) is 0.394. The molecule has 2 aliphatic rings. The van der Waals surface area contributed by atoms with Crippen LogP contribution < -0.4 is 10.2 Å². The molecule has 178 valence electrons. The summed E-state index contributed by atoms with van der Waals surface area (Å²) in [5.74, 6) is 0.291. The van der Waals surface area contributed by atoms with Crippen molar-refractivity contribution in [3.63, 3.8) is 0 Å². The highest BCUT2D eigenvalue weighted by Crippen LogP contribution is 2.47. The minimum absolute atomic E-state index is 0.0632. The van der Waals surface area contributed by atoms with E-state index in [1.54, 1.807) is 0 Å². The number of unbranched alkanes of at least 4 members (excludes halogenated alkanes) is 2. The van der Waals surface area contributed by atoms with Crippen LogP contribution in [-0.2, 0) is 9.59 Å². The Morgan fingerprint density at radius 3 is 2.23 bits per heavy atom. The van der Waals surface area contributed by atoms with Crippen molar-refractivity contribution in [2.75, 3.05) is 10.2 Å². The fourth-order valence-corrected chi connectivity index (χ4v) is 5.42. The molecule has 0 fully saturated rings. The lowest BCUT2D eigenvalue weighted by Crippen LogP contribution is -2.38. The van der Waals surface area contributed by atoms with Crippen molar-refractivity contribution in [3.8, 4) is 0 Å². The smallest absolute Gasteiger partial charge is 0.227 e. The van der Waals surface area contributed by atoms with E-state index in [0.717, 1.165) is 53.9 Å². The number of nitrogens with one attached hydrogen (secondary N) is 1. The van der Waals surface area contributed by atoms with Crippen LogP contribution in [0.1, 0.15) is 68.5 Å². The summed E-state index contributed by atoms with van der Waals surface area (Å²) >= 11 is 0. The van der Waals surface area contributed by atoms with Gasteiger partial charge in [-0.1, -0.05) is 92.6 Å². The van der Waals surface area contributed by atoms with Gasteiger partial charge < -0.3 is 5.32 Å². The molecule has 0 saturated carbocycles. The van der Waals surface area contributed by atoms with Gasteiger partial charge in [-0.05, 0) is 42.0 Å². The minimum atomic E-state index is -0.444. The Kier molecular flexibility index (Phi) is 6.80. The van der Waals surface area contributed by atoms with Crippen LogP contribution in [0.5, 0.6) is 0 Å². The van der Waals surface area contributed by atoms with Crippen LogP contribution in [0.25, 0.3) is 0 Å². The minimum Gasteiger partial charge on any atom is -0.357 e. The van der Waals surface area contributed by atoms with Gasteiger partial charge in [-0.25, -0.2) is 0 Å². The first-order valence-corrected chi connectivity index (χ1v) is 12.7. The third kappa shape index (κ3) is 4.66. The van der Waals surface area contributed by atoms with Gasteiger partial charge in [0.1, 0.15) is 0 Å². The maximum Gasteiger partial charge on any atom is 0.227 e. The van der Waals surface area contributed by atoms with E-state index in [2.05, 4.69) is 24.4 Å². The highest BCUT2D eigenvalue weighted by Gasteiger charge is 2.41. The topological polar surface area (TPSA) is 49.4 Å². The standard InChI is InChI=1S/C31H32N2O2/c1-2-3-6-19-29(35)33-27-18-12-11-17-25(27)32-26-20-24(22-13-7-4-8-14-22)21-28(34)30(26)31(33)23-15-9-5-10-16-23/h4-5,7-18,24,31-32H,2-3,6,19-21H2,1H3. The predicted octanol–water partition coefficient (Wildman–Crippen LogP) is 7.17. The Bertz CT molecular complexity index is 1230. The zero-order chi connectivity index (χ0) is 24.2. The Labute approximate surface area is 207 Å². The zero-order valence-corrected chi connectivity index (χ0v) is 20.2. The molecule has 3 aromatic rings. The summed E-state index contributed by atoms with van der Waals surface area (Å²) in [7, 11) is 0. The van der Waals surface area contributed by atoms with Crippen LogP contribution in [-0.4, -0.2) is 11.7 Å². The molecule has 5 rings (SSSR count). The SMILES string of the molecule is CCCCCC(=O)N1c2ccccc2NC2=C(C(=O)CC(c3ccccc3)C2)C1c1ccccc1. The fourth-order valence-electron chi connectivity index (χ4n) is 5.42. The lowest BCUT2D eigenvalue weighted by atomic mass is 9.78. The van der Waals surface area contributed by atoms with Crippen molar-refractivity contribution in [1.82, 2.24) is 0 Å². The summed E-state index contributed by atoms with van der Waals surface area (Å²) in [6.45, 7) is 2.14. The molecule has 0 radical (unpaired) electrons. The summed E-state index contributed by atoms with van der Waals surface area (Å²) in [5.41, 5.74) is 5.51. The van der Waals surface area contributed by atoms with Gasteiger partial charge in [-0.2, -0.15) is 0 Å². The number of hydrogen-bond acceptors (Lipinski definition) is 3. The molecule has 4 heteroatoms. The van der Waals surface area contributed by atoms with Gasteiger partial charge in [0.05, 0.1) is 17.4 Å². The normalized spacial score (nSPS) is 19.5. The molecule has 1 aliphatic carbocycles. The molecule has 2 atom stereocenters. The van der Waals surface area contributed by atoms with Crippen LogP contribution in [0.2, 0.25) is 0 Å². The first-order chi connectivity index (χ1) is 17.2. The molecule has 0 spiro atoms. The molecule has 1 heterocycles. The molecule has 2 unspecified atom stereocenters. The number of para-hydroxylation sites is 2. The van der Waals surface area contributed by atoms with Gasteiger partial charge in [-0.3, -0.25) is 14.5 Å². The van der Waals surface area contributed by atoms with Crippen molar-refractivity contribution in [1.29, 1.82) is 0 Å². The van der Waals surface area contributed by atoms with Gasteiger partial charge in [-0.15, -0.1) is 0 Å². The first-order valence-electron chi connectivity index (χ1n) is 12.7. The maximum atomic E-state index is 13.9. The number of rotatable bonds is 6. The summed E-state index contributed by atoms with van der Waals surface area (Å²) in [6.07, 6.45) is 4.57. The number of Topliss-reactive ketones (excluding diaryl/α,β-unsaturated/α-hetero) is 1. The molecule has 1 N–H and O–H groups in total. The molecule has 1 amide bonds. The molecular weight excluding hydrogens is 432 g/mol. The van der Waals surface area contributed by atoms with E-state index < -0.39 is 6.04 Å². The molecule has 35 heavy (non-hydrogen) atoms. The lowest BCUT2D eigenvalue weighted by molar-refractivity contribution is -0.119. The molecule has 3 aromatic carbocycles. The summed E-state index contributed by atoms with van der Waals surface area (Å²) in [6, 6.07) is 27.8.